The highest BCUT2D eigenvalue weighted by Crippen LogP contribution is 1.96. The number of hydrogen-bond acceptors (Lipinski definition) is 4. The van der Waals surface area contributed by atoms with E-state index in [1.807, 2.05) is 23.9 Å². The number of imidazole rings is 1. The zero-order chi connectivity index (χ0) is 10.5. The maximum atomic E-state index is 4.12. The third-order valence-corrected chi connectivity index (χ3v) is 2.17. The molecular formula is C10H13N5. The van der Waals surface area contributed by atoms with Crippen LogP contribution in [0.4, 0.5) is 0 Å². The topological polar surface area (TPSA) is 55.6 Å². The van der Waals surface area contributed by atoms with Crippen molar-refractivity contribution in [1.29, 1.82) is 0 Å². The molecule has 1 N–H and O–H groups in total. The first kappa shape index (κ1) is 9.79. The van der Waals surface area contributed by atoms with Gasteiger partial charge in [0.2, 0.25) is 0 Å². The smallest absolute Gasteiger partial charge is 0.115 e. The molecule has 0 spiro atoms. The zero-order valence-corrected chi connectivity index (χ0v) is 8.59. The van der Waals surface area contributed by atoms with Crippen LogP contribution in [-0.4, -0.2) is 19.5 Å². The van der Waals surface area contributed by atoms with Crippen LogP contribution < -0.4 is 5.32 Å². The minimum atomic E-state index is 0.744. The van der Waals surface area contributed by atoms with E-state index in [1.165, 1.54) is 0 Å². The fraction of sp³-hybridized carbons (Fsp3) is 0.300. The summed E-state index contributed by atoms with van der Waals surface area (Å²) in [4.78, 5) is 12.0. The van der Waals surface area contributed by atoms with Crippen molar-refractivity contribution in [1.82, 2.24) is 24.8 Å². The molecular weight excluding hydrogens is 190 g/mol. The van der Waals surface area contributed by atoms with Crippen LogP contribution in [0.5, 0.6) is 0 Å². The fourth-order valence-electron chi connectivity index (χ4n) is 1.30. The number of nitrogens with one attached hydrogen (secondary N) is 1. The number of rotatable bonds is 4. The van der Waals surface area contributed by atoms with Gasteiger partial charge in [-0.2, -0.15) is 0 Å². The standard InChI is InChI=1S/C10H13N5/c1-15-8-13-6-10(15)5-12-4-9-2-3-11-7-14-9/h2-3,6-8,12H,4-5H2,1H3. The summed E-state index contributed by atoms with van der Waals surface area (Å²) in [6.07, 6.45) is 6.95. The van der Waals surface area contributed by atoms with Gasteiger partial charge < -0.3 is 9.88 Å². The van der Waals surface area contributed by atoms with Crippen molar-refractivity contribution >= 4 is 0 Å². The molecule has 78 valence electrons. The van der Waals surface area contributed by atoms with E-state index >= 15 is 0 Å². The van der Waals surface area contributed by atoms with Crippen LogP contribution in [0.2, 0.25) is 0 Å². The molecule has 5 heteroatoms. The Morgan fingerprint density at radius 1 is 1.33 bits per heavy atom. The van der Waals surface area contributed by atoms with Crippen molar-refractivity contribution < 1.29 is 0 Å². The minimum Gasteiger partial charge on any atom is -0.337 e. The Kier molecular flexibility index (Phi) is 3.04. The second kappa shape index (κ2) is 4.65. The predicted octanol–water partition coefficient (Wildman–Crippen LogP) is 0.500. The maximum Gasteiger partial charge on any atom is 0.115 e. The molecule has 0 saturated heterocycles. The van der Waals surface area contributed by atoms with E-state index in [9.17, 15) is 0 Å². The van der Waals surface area contributed by atoms with Crippen LogP contribution in [-0.2, 0) is 20.1 Å². The summed E-state index contributed by atoms with van der Waals surface area (Å²) in [5, 5.41) is 3.29. The molecule has 0 fully saturated rings. The molecule has 0 unspecified atom stereocenters. The normalized spacial score (nSPS) is 10.5. The summed E-state index contributed by atoms with van der Waals surface area (Å²) in [6, 6.07) is 1.90. The average molecular weight is 203 g/mol. The second-order valence-electron chi connectivity index (χ2n) is 3.30. The molecule has 0 aromatic carbocycles. The molecule has 0 radical (unpaired) electrons. The van der Waals surface area contributed by atoms with Gasteiger partial charge in [-0.1, -0.05) is 0 Å². The van der Waals surface area contributed by atoms with E-state index < -0.39 is 0 Å². The third kappa shape index (κ3) is 2.60. The van der Waals surface area contributed by atoms with Gasteiger partial charge in [-0.3, -0.25) is 0 Å². The fourth-order valence-corrected chi connectivity index (χ4v) is 1.30. The Labute approximate surface area is 88.2 Å². The van der Waals surface area contributed by atoms with Gasteiger partial charge in [0.25, 0.3) is 0 Å². The third-order valence-electron chi connectivity index (χ3n) is 2.17. The Hall–Kier alpha value is -1.75. The summed E-state index contributed by atoms with van der Waals surface area (Å²) < 4.78 is 1.99. The Morgan fingerprint density at radius 3 is 2.93 bits per heavy atom. The molecule has 15 heavy (non-hydrogen) atoms. The van der Waals surface area contributed by atoms with Crippen LogP contribution in [0.15, 0.2) is 31.1 Å². The van der Waals surface area contributed by atoms with Crippen molar-refractivity contribution in [3.63, 3.8) is 0 Å². The number of hydrogen-bond donors (Lipinski definition) is 1. The molecule has 2 rings (SSSR count). The molecule has 0 atom stereocenters. The van der Waals surface area contributed by atoms with Gasteiger partial charge in [0.05, 0.1) is 17.7 Å². The zero-order valence-electron chi connectivity index (χ0n) is 8.59. The first-order valence-electron chi connectivity index (χ1n) is 4.77. The highest BCUT2D eigenvalue weighted by Gasteiger charge is 1.97. The van der Waals surface area contributed by atoms with E-state index in [0.717, 1.165) is 24.5 Å². The quantitative estimate of drug-likeness (QED) is 0.786. The highest BCUT2D eigenvalue weighted by atomic mass is 15.0. The van der Waals surface area contributed by atoms with Gasteiger partial charge in [-0.25, -0.2) is 15.0 Å². The molecule has 2 aromatic rings. The number of aromatic nitrogens is 4. The van der Waals surface area contributed by atoms with Gasteiger partial charge >= 0.3 is 0 Å². The summed E-state index contributed by atoms with van der Waals surface area (Å²) in [5.74, 6) is 0. The van der Waals surface area contributed by atoms with E-state index in [2.05, 4.69) is 20.3 Å². The first-order chi connectivity index (χ1) is 7.36. The molecule has 5 nitrogen and oxygen atoms in total. The SMILES string of the molecule is Cn1cncc1CNCc1ccncn1. The lowest BCUT2D eigenvalue weighted by atomic mass is 10.4. The Bertz CT molecular complexity index is 409. The lowest BCUT2D eigenvalue weighted by Gasteiger charge is -2.04. The van der Waals surface area contributed by atoms with Crippen molar-refractivity contribution in [2.45, 2.75) is 13.1 Å². The maximum absolute atomic E-state index is 4.12. The van der Waals surface area contributed by atoms with Gasteiger partial charge in [0.15, 0.2) is 0 Å². The van der Waals surface area contributed by atoms with Crippen molar-refractivity contribution in [2.75, 3.05) is 0 Å². The summed E-state index contributed by atoms with van der Waals surface area (Å²) in [6.45, 7) is 1.54. The van der Waals surface area contributed by atoms with Crippen LogP contribution in [0.1, 0.15) is 11.4 Å². The summed E-state index contributed by atoms with van der Waals surface area (Å²) >= 11 is 0. The molecule has 2 aromatic heterocycles. The van der Waals surface area contributed by atoms with E-state index in [-0.39, 0.29) is 0 Å². The van der Waals surface area contributed by atoms with Gasteiger partial charge in [-0.05, 0) is 6.07 Å². The first-order valence-corrected chi connectivity index (χ1v) is 4.77. The second-order valence-corrected chi connectivity index (χ2v) is 3.30. The summed E-state index contributed by atoms with van der Waals surface area (Å²) in [7, 11) is 1.98. The van der Waals surface area contributed by atoms with Gasteiger partial charge in [0.1, 0.15) is 6.33 Å². The van der Waals surface area contributed by atoms with Crippen LogP contribution >= 0.6 is 0 Å². The van der Waals surface area contributed by atoms with Crippen molar-refractivity contribution in [2.24, 2.45) is 7.05 Å². The van der Waals surface area contributed by atoms with Crippen LogP contribution in [0.3, 0.4) is 0 Å². The molecule has 0 aliphatic carbocycles. The lowest BCUT2D eigenvalue weighted by Crippen LogP contribution is -2.15. The van der Waals surface area contributed by atoms with E-state index in [0.29, 0.717) is 0 Å². The molecule has 2 heterocycles. The molecule has 0 aliphatic heterocycles. The van der Waals surface area contributed by atoms with Crippen molar-refractivity contribution in [3.05, 3.63) is 42.5 Å². The number of nitrogens with zero attached hydrogens (tertiary/aromatic N) is 4. The largest absolute Gasteiger partial charge is 0.337 e. The Balaban J connectivity index is 1.83. The van der Waals surface area contributed by atoms with E-state index in [1.54, 1.807) is 18.9 Å². The molecule has 0 bridgehead atoms. The van der Waals surface area contributed by atoms with E-state index in [4.69, 9.17) is 0 Å². The van der Waals surface area contributed by atoms with Gasteiger partial charge in [0, 0.05) is 32.5 Å². The Morgan fingerprint density at radius 2 is 2.27 bits per heavy atom. The van der Waals surface area contributed by atoms with Gasteiger partial charge in [-0.15, -0.1) is 0 Å². The highest BCUT2D eigenvalue weighted by molar-refractivity contribution is 5.00. The molecule has 0 saturated carbocycles. The number of aryl methyl sites for hydroxylation is 1. The molecule has 0 aliphatic rings. The lowest BCUT2D eigenvalue weighted by molar-refractivity contribution is 0.644. The molecule has 0 amide bonds. The van der Waals surface area contributed by atoms with Crippen LogP contribution in [0.25, 0.3) is 0 Å². The average Bonchev–Trinajstić information content (AvgIpc) is 2.66. The van der Waals surface area contributed by atoms with Crippen LogP contribution in [0, 0.1) is 0 Å². The predicted molar refractivity (Wildman–Crippen MR) is 55.8 cm³/mol. The summed E-state index contributed by atoms with van der Waals surface area (Å²) in [5.41, 5.74) is 2.15. The van der Waals surface area contributed by atoms with Crippen molar-refractivity contribution in [3.8, 4) is 0 Å². The monoisotopic (exact) mass is 203 g/mol. The minimum absolute atomic E-state index is 0.744.